The Morgan fingerprint density at radius 2 is 1.85 bits per heavy atom. The van der Waals surface area contributed by atoms with E-state index in [1.807, 2.05) is 18.2 Å². The maximum absolute atomic E-state index is 9.11. The van der Waals surface area contributed by atoms with Crippen molar-refractivity contribution in [2.45, 2.75) is 19.9 Å². The van der Waals surface area contributed by atoms with E-state index in [1.165, 1.54) is 11.1 Å². The van der Waals surface area contributed by atoms with Gasteiger partial charge in [0.15, 0.2) is 0 Å². The van der Waals surface area contributed by atoms with Crippen LogP contribution in [0.3, 0.4) is 0 Å². The zero-order valence-electron chi connectivity index (χ0n) is 11.6. The third-order valence-electron chi connectivity index (χ3n) is 3.79. The quantitative estimate of drug-likeness (QED) is 0.666. The number of aryl methyl sites for hydroxylation is 1. The van der Waals surface area contributed by atoms with E-state index >= 15 is 0 Å². The van der Waals surface area contributed by atoms with Crippen LogP contribution < -0.4 is 4.90 Å². The number of hydrogen-bond acceptors (Lipinski definition) is 3. The molecule has 2 aromatic carbocycles. The third-order valence-corrected chi connectivity index (χ3v) is 3.79. The summed E-state index contributed by atoms with van der Waals surface area (Å²) in [5.41, 5.74) is 5.54. The molecular weight excluding hydrogens is 248 g/mol. The Morgan fingerprint density at radius 3 is 2.60 bits per heavy atom. The minimum atomic E-state index is 0.777. The molecule has 0 atom stereocenters. The van der Waals surface area contributed by atoms with Gasteiger partial charge in [-0.05, 0) is 18.6 Å². The molecule has 0 fully saturated rings. The van der Waals surface area contributed by atoms with Gasteiger partial charge >= 0.3 is 0 Å². The van der Waals surface area contributed by atoms with Crippen molar-refractivity contribution in [3.8, 4) is 0 Å². The lowest BCUT2D eigenvalue weighted by Gasteiger charge is -2.31. The lowest BCUT2D eigenvalue weighted by atomic mass is 9.99. The monoisotopic (exact) mass is 266 g/mol. The normalized spacial score (nSPS) is 16.2. The summed E-state index contributed by atoms with van der Waals surface area (Å²) in [6.45, 7) is 3.87. The molecule has 1 heterocycles. The van der Waals surface area contributed by atoms with E-state index in [2.05, 4.69) is 47.3 Å². The van der Waals surface area contributed by atoms with Gasteiger partial charge in [0.05, 0.1) is 5.71 Å². The zero-order valence-corrected chi connectivity index (χ0v) is 11.6. The predicted molar refractivity (Wildman–Crippen MR) is 81.6 cm³/mol. The van der Waals surface area contributed by atoms with Crippen LogP contribution in [0.15, 0.2) is 53.7 Å². The van der Waals surface area contributed by atoms with Crippen molar-refractivity contribution < 1.29 is 5.21 Å². The molecule has 0 radical (unpaired) electrons. The van der Waals surface area contributed by atoms with Gasteiger partial charge in [0.25, 0.3) is 0 Å². The molecule has 102 valence electrons. The predicted octanol–water partition coefficient (Wildman–Crippen LogP) is 3.58. The Morgan fingerprint density at radius 1 is 1.10 bits per heavy atom. The Balaban J connectivity index is 1.90. The highest BCUT2D eigenvalue weighted by Crippen LogP contribution is 2.28. The first-order chi connectivity index (χ1) is 9.78. The lowest BCUT2D eigenvalue weighted by Crippen LogP contribution is -2.31. The second-order valence-corrected chi connectivity index (χ2v) is 5.22. The van der Waals surface area contributed by atoms with Crippen LogP contribution in [-0.4, -0.2) is 17.5 Å². The Labute approximate surface area is 119 Å². The zero-order chi connectivity index (χ0) is 13.9. The van der Waals surface area contributed by atoms with Crippen molar-refractivity contribution in [3.63, 3.8) is 0 Å². The lowest BCUT2D eigenvalue weighted by molar-refractivity contribution is 0.317. The molecule has 2 aromatic rings. The van der Waals surface area contributed by atoms with Gasteiger partial charge in [-0.25, -0.2) is 0 Å². The summed E-state index contributed by atoms with van der Waals surface area (Å²) in [4.78, 5) is 2.34. The second-order valence-electron chi connectivity index (χ2n) is 5.22. The average molecular weight is 266 g/mol. The molecule has 1 N–H and O–H groups in total. The third kappa shape index (κ3) is 2.39. The number of para-hydroxylation sites is 1. The number of rotatable bonds is 2. The Hall–Kier alpha value is -2.29. The van der Waals surface area contributed by atoms with Crippen LogP contribution in [0.4, 0.5) is 5.69 Å². The van der Waals surface area contributed by atoms with Crippen LogP contribution in [0, 0.1) is 6.92 Å². The number of hydrogen-bond donors (Lipinski definition) is 1. The molecule has 0 bridgehead atoms. The summed E-state index contributed by atoms with van der Waals surface area (Å²) in [6, 6.07) is 16.8. The summed E-state index contributed by atoms with van der Waals surface area (Å²) >= 11 is 0. The molecule has 3 rings (SSSR count). The van der Waals surface area contributed by atoms with Crippen LogP contribution in [0.1, 0.15) is 23.1 Å². The number of anilines is 1. The first-order valence-electron chi connectivity index (χ1n) is 6.89. The molecule has 3 nitrogen and oxygen atoms in total. The fourth-order valence-corrected chi connectivity index (χ4v) is 2.67. The molecule has 3 heteroatoms. The van der Waals surface area contributed by atoms with Crippen molar-refractivity contribution in [1.29, 1.82) is 0 Å². The Bertz CT molecular complexity index is 632. The minimum Gasteiger partial charge on any atom is -0.411 e. The van der Waals surface area contributed by atoms with Gasteiger partial charge in [-0.15, -0.1) is 0 Å². The van der Waals surface area contributed by atoms with Crippen molar-refractivity contribution in [2.75, 3.05) is 11.4 Å². The minimum absolute atomic E-state index is 0.777. The summed E-state index contributed by atoms with van der Waals surface area (Å²) in [5.74, 6) is 0. The number of fused-ring (bicyclic) bond motifs is 1. The average Bonchev–Trinajstić information content (AvgIpc) is 2.50. The molecule has 20 heavy (non-hydrogen) atoms. The van der Waals surface area contributed by atoms with Gasteiger partial charge in [0.2, 0.25) is 0 Å². The molecule has 0 saturated carbocycles. The van der Waals surface area contributed by atoms with E-state index < -0.39 is 0 Å². The summed E-state index contributed by atoms with van der Waals surface area (Å²) in [6.07, 6.45) is 0.777. The fourth-order valence-electron chi connectivity index (χ4n) is 2.67. The van der Waals surface area contributed by atoms with Crippen LogP contribution >= 0.6 is 0 Å². The van der Waals surface area contributed by atoms with Gasteiger partial charge in [0, 0.05) is 30.8 Å². The number of benzene rings is 2. The van der Waals surface area contributed by atoms with E-state index in [0.29, 0.717) is 0 Å². The maximum atomic E-state index is 9.11. The van der Waals surface area contributed by atoms with Gasteiger partial charge in [0.1, 0.15) is 0 Å². The molecule has 0 spiro atoms. The van der Waals surface area contributed by atoms with Gasteiger partial charge < -0.3 is 10.1 Å². The largest absolute Gasteiger partial charge is 0.411 e. The van der Waals surface area contributed by atoms with Gasteiger partial charge in [-0.3, -0.25) is 0 Å². The van der Waals surface area contributed by atoms with Crippen molar-refractivity contribution in [1.82, 2.24) is 0 Å². The molecule has 0 aromatic heterocycles. The molecule has 1 aliphatic heterocycles. The van der Waals surface area contributed by atoms with E-state index in [1.54, 1.807) is 0 Å². The number of nitrogens with zero attached hydrogens (tertiary/aromatic N) is 2. The first kappa shape index (κ1) is 12.7. The van der Waals surface area contributed by atoms with E-state index in [-0.39, 0.29) is 0 Å². The highest BCUT2D eigenvalue weighted by atomic mass is 16.4. The summed E-state index contributed by atoms with van der Waals surface area (Å²) < 4.78 is 0. The molecule has 0 saturated heterocycles. The molecule has 0 aliphatic carbocycles. The second kappa shape index (κ2) is 5.37. The van der Waals surface area contributed by atoms with E-state index in [9.17, 15) is 0 Å². The number of oxime groups is 1. The van der Waals surface area contributed by atoms with E-state index in [4.69, 9.17) is 5.21 Å². The molecule has 0 unspecified atom stereocenters. The fraction of sp³-hybridized carbons (Fsp3) is 0.235. The molecule has 1 aliphatic rings. The first-order valence-corrected chi connectivity index (χ1v) is 6.89. The van der Waals surface area contributed by atoms with Crippen LogP contribution in [0.5, 0.6) is 0 Å². The van der Waals surface area contributed by atoms with Crippen LogP contribution in [0.2, 0.25) is 0 Å². The maximum Gasteiger partial charge on any atom is 0.0906 e. The van der Waals surface area contributed by atoms with E-state index in [0.717, 1.165) is 36.5 Å². The smallest absolute Gasteiger partial charge is 0.0906 e. The highest BCUT2D eigenvalue weighted by Gasteiger charge is 2.21. The van der Waals surface area contributed by atoms with Crippen molar-refractivity contribution in [3.05, 3.63) is 65.2 Å². The molecular formula is C17H18N2O. The van der Waals surface area contributed by atoms with Crippen molar-refractivity contribution in [2.24, 2.45) is 5.16 Å². The van der Waals surface area contributed by atoms with Crippen molar-refractivity contribution >= 4 is 11.4 Å². The molecule has 0 amide bonds. The highest BCUT2D eigenvalue weighted by molar-refractivity contribution is 6.06. The summed E-state index contributed by atoms with van der Waals surface area (Å²) in [5, 5.41) is 12.5. The van der Waals surface area contributed by atoms with Gasteiger partial charge in [-0.1, -0.05) is 53.2 Å². The van der Waals surface area contributed by atoms with Gasteiger partial charge in [-0.2, -0.15) is 0 Å². The topological polar surface area (TPSA) is 35.8 Å². The summed E-state index contributed by atoms with van der Waals surface area (Å²) in [7, 11) is 0. The SMILES string of the molecule is Cc1ccc(CN2CCC(=NO)c3ccccc32)cc1. The van der Waals surface area contributed by atoms with Crippen LogP contribution in [-0.2, 0) is 6.54 Å². The Kier molecular flexibility index (Phi) is 3.42. The van der Waals surface area contributed by atoms with Crippen LogP contribution in [0.25, 0.3) is 0 Å². The standard InChI is InChI=1S/C17H18N2O/c1-13-6-8-14(9-7-13)12-19-11-10-16(18-20)15-4-2-3-5-17(15)19/h2-9,20H,10-12H2,1H3.